The van der Waals surface area contributed by atoms with Gasteiger partial charge in [-0.05, 0) is 29.8 Å². The van der Waals surface area contributed by atoms with Crippen LogP contribution >= 0.6 is 23.4 Å². The number of nitrogens with one attached hydrogen (secondary N) is 1. The molecule has 0 bridgehead atoms. The quantitative estimate of drug-likeness (QED) is 0.400. The van der Waals surface area contributed by atoms with Gasteiger partial charge in [-0.1, -0.05) is 29.8 Å². The van der Waals surface area contributed by atoms with E-state index in [1.54, 1.807) is 18.3 Å². The fraction of sp³-hybridized carbons (Fsp3) is 0.105. The Morgan fingerprint density at radius 3 is 3.11 bits per heavy atom. The van der Waals surface area contributed by atoms with E-state index in [2.05, 4.69) is 15.5 Å². The van der Waals surface area contributed by atoms with Crippen molar-refractivity contribution in [3.05, 3.63) is 59.2 Å². The van der Waals surface area contributed by atoms with E-state index in [0.29, 0.717) is 22.1 Å². The predicted molar refractivity (Wildman–Crippen MR) is 106 cm³/mol. The average molecular weight is 400 g/mol. The summed E-state index contributed by atoms with van der Waals surface area (Å²) in [6.07, 6.45) is 3.25. The third kappa shape index (κ3) is 3.99. The molecule has 1 aliphatic rings. The Hall–Kier alpha value is -2.77. The molecule has 136 valence electrons. The normalized spacial score (nSPS) is 12.6. The van der Waals surface area contributed by atoms with Crippen molar-refractivity contribution in [2.24, 2.45) is 5.10 Å². The van der Waals surface area contributed by atoms with Crippen molar-refractivity contribution >= 4 is 46.4 Å². The van der Waals surface area contributed by atoms with Gasteiger partial charge in [0.1, 0.15) is 0 Å². The van der Waals surface area contributed by atoms with Crippen molar-refractivity contribution in [3.63, 3.8) is 0 Å². The molecule has 0 saturated carbocycles. The molecule has 0 unspecified atom stereocenters. The van der Waals surface area contributed by atoms with Gasteiger partial charge in [-0.25, -0.2) is 5.43 Å². The van der Waals surface area contributed by atoms with E-state index in [9.17, 15) is 4.79 Å². The number of carbonyl (C=O) groups is 1. The van der Waals surface area contributed by atoms with Gasteiger partial charge in [0.25, 0.3) is 0 Å². The molecule has 4 rings (SSSR count). The number of rotatable bonds is 5. The van der Waals surface area contributed by atoms with Crippen LogP contribution < -0.4 is 14.9 Å². The fourth-order valence-corrected chi connectivity index (χ4v) is 3.72. The second-order valence-electron chi connectivity index (χ2n) is 5.65. The van der Waals surface area contributed by atoms with Crippen molar-refractivity contribution in [1.29, 1.82) is 0 Å². The summed E-state index contributed by atoms with van der Waals surface area (Å²) in [6, 6.07) is 13.2. The van der Waals surface area contributed by atoms with E-state index in [0.717, 1.165) is 15.8 Å². The van der Waals surface area contributed by atoms with Crippen molar-refractivity contribution in [3.8, 4) is 11.5 Å². The summed E-state index contributed by atoms with van der Waals surface area (Å²) in [5.41, 5.74) is 4.10. The van der Waals surface area contributed by atoms with Gasteiger partial charge >= 0.3 is 0 Å². The van der Waals surface area contributed by atoms with Gasteiger partial charge in [0.15, 0.2) is 11.5 Å². The van der Waals surface area contributed by atoms with Gasteiger partial charge in [0.2, 0.25) is 12.7 Å². The molecule has 1 aromatic heterocycles. The van der Waals surface area contributed by atoms with Crippen LogP contribution in [0.4, 0.5) is 0 Å². The third-order valence-corrected chi connectivity index (χ3v) is 5.13. The van der Waals surface area contributed by atoms with Crippen LogP contribution in [0.15, 0.2) is 58.7 Å². The second kappa shape index (κ2) is 7.85. The number of amides is 1. The number of pyridine rings is 1. The zero-order valence-corrected chi connectivity index (χ0v) is 15.6. The molecule has 8 heteroatoms. The topological polar surface area (TPSA) is 72.8 Å². The maximum absolute atomic E-state index is 12.1. The number of thioether (sulfide) groups is 1. The smallest absolute Gasteiger partial charge is 0.250 e. The van der Waals surface area contributed by atoms with Crippen molar-refractivity contribution in [2.75, 3.05) is 12.5 Å². The molecule has 0 radical (unpaired) electrons. The molecular formula is C19H14ClN3O3S. The third-order valence-electron chi connectivity index (χ3n) is 3.81. The summed E-state index contributed by atoms with van der Waals surface area (Å²) in [7, 11) is 0. The monoisotopic (exact) mass is 399 g/mol. The summed E-state index contributed by atoms with van der Waals surface area (Å²) < 4.78 is 10.6. The lowest BCUT2D eigenvalue weighted by Crippen LogP contribution is -2.19. The Morgan fingerprint density at radius 1 is 1.30 bits per heavy atom. The minimum absolute atomic E-state index is 0.145. The molecule has 3 aromatic rings. The first-order chi connectivity index (χ1) is 13.2. The maximum atomic E-state index is 12.1. The SMILES string of the molecule is O=C(CSc1cccc2cccnc12)N/N=C\c1cc(Cl)c2c(c1)OCO2. The van der Waals surface area contributed by atoms with Crippen LogP contribution in [0.2, 0.25) is 5.02 Å². The molecule has 6 nitrogen and oxygen atoms in total. The van der Waals surface area contributed by atoms with E-state index >= 15 is 0 Å². The van der Waals surface area contributed by atoms with Crippen molar-refractivity contribution < 1.29 is 14.3 Å². The van der Waals surface area contributed by atoms with Gasteiger partial charge in [-0.3, -0.25) is 9.78 Å². The highest BCUT2D eigenvalue weighted by Crippen LogP contribution is 2.39. The van der Waals surface area contributed by atoms with Gasteiger partial charge in [-0.15, -0.1) is 11.8 Å². The summed E-state index contributed by atoms with van der Waals surface area (Å²) in [5.74, 6) is 1.11. The number of para-hydroxylation sites is 1. The first-order valence-corrected chi connectivity index (χ1v) is 9.44. The minimum atomic E-state index is -0.212. The summed E-state index contributed by atoms with van der Waals surface area (Å²) in [4.78, 5) is 17.4. The predicted octanol–water partition coefficient (Wildman–Crippen LogP) is 3.86. The molecule has 2 heterocycles. The minimum Gasteiger partial charge on any atom is -0.454 e. The number of carbonyl (C=O) groups excluding carboxylic acids is 1. The molecule has 0 saturated heterocycles. The number of fused-ring (bicyclic) bond motifs is 2. The van der Waals surface area contributed by atoms with Crippen molar-refractivity contribution in [1.82, 2.24) is 10.4 Å². The number of aromatic nitrogens is 1. The maximum Gasteiger partial charge on any atom is 0.250 e. The number of halogens is 1. The van der Waals surface area contributed by atoms with E-state index < -0.39 is 0 Å². The first-order valence-electron chi connectivity index (χ1n) is 8.08. The van der Waals surface area contributed by atoms with Crippen LogP contribution in [0.1, 0.15) is 5.56 Å². The summed E-state index contributed by atoms with van der Waals surface area (Å²) in [6.45, 7) is 0.145. The number of hydrogen-bond donors (Lipinski definition) is 1. The van der Waals surface area contributed by atoms with Gasteiger partial charge < -0.3 is 9.47 Å². The highest BCUT2D eigenvalue weighted by molar-refractivity contribution is 8.00. The molecule has 27 heavy (non-hydrogen) atoms. The molecule has 1 N–H and O–H groups in total. The summed E-state index contributed by atoms with van der Waals surface area (Å²) >= 11 is 7.54. The zero-order valence-electron chi connectivity index (χ0n) is 14.0. The highest BCUT2D eigenvalue weighted by atomic mass is 35.5. The molecule has 1 amide bonds. The number of hydrazone groups is 1. The van der Waals surface area contributed by atoms with Gasteiger partial charge in [-0.2, -0.15) is 5.10 Å². The highest BCUT2D eigenvalue weighted by Gasteiger charge is 2.17. The van der Waals surface area contributed by atoms with Crippen LogP contribution in [0, 0.1) is 0 Å². The largest absolute Gasteiger partial charge is 0.454 e. The number of benzene rings is 2. The Bertz CT molecular complexity index is 1040. The Morgan fingerprint density at radius 2 is 2.19 bits per heavy atom. The number of ether oxygens (including phenoxy) is 2. The van der Waals surface area contributed by atoms with E-state index in [1.165, 1.54) is 18.0 Å². The van der Waals surface area contributed by atoms with Crippen LogP contribution in [-0.2, 0) is 4.79 Å². The molecule has 0 atom stereocenters. The summed E-state index contributed by atoms with van der Waals surface area (Å²) in [5, 5.41) is 5.46. The fourth-order valence-electron chi connectivity index (χ4n) is 2.61. The number of nitrogens with zero attached hydrogens (tertiary/aromatic N) is 2. The van der Waals surface area contributed by atoms with Crippen molar-refractivity contribution in [2.45, 2.75) is 4.90 Å². The molecule has 1 aliphatic heterocycles. The second-order valence-corrected chi connectivity index (χ2v) is 7.07. The van der Waals surface area contributed by atoms with Crippen LogP contribution in [0.5, 0.6) is 11.5 Å². The first kappa shape index (κ1) is 17.6. The Balaban J connectivity index is 1.36. The lowest BCUT2D eigenvalue weighted by Gasteiger charge is -2.04. The molecule has 0 fully saturated rings. The van der Waals surface area contributed by atoms with Gasteiger partial charge in [0, 0.05) is 16.5 Å². The average Bonchev–Trinajstić information content (AvgIpc) is 3.15. The lowest BCUT2D eigenvalue weighted by atomic mass is 10.2. The van der Waals surface area contributed by atoms with Crippen LogP contribution in [0.3, 0.4) is 0 Å². The molecule has 0 aliphatic carbocycles. The van der Waals surface area contributed by atoms with Crippen LogP contribution in [-0.4, -0.2) is 29.7 Å². The van der Waals surface area contributed by atoms with E-state index in [4.69, 9.17) is 21.1 Å². The lowest BCUT2D eigenvalue weighted by molar-refractivity contribution is -0.118. The standard InChI is InChI=1S/C19H14ClN3O3S/c20-14-7-12(8-15-19(14)26-11-25-15)9-22-23-17(24)10-27-16-5-1-3-13-4-2-6-21-18(13)16/h1-9H,10-11H2,(H,23,24)/b22-9-. The van der Waals surface area contributed by atoms with E-state index in [1.807, 2.05) is 30.3 Å². The Labute approximate surface area is 164 Å². The molecule has 2 aromatic carbocycles. The molecule has 0 spiro atoms. The number of hydrogen-bond acceptors (Lipinski definition) is 6. The molecular weight excluding hydrogens is 386 g/mol. The Kier molecular flexibility index (Phi) is 5.13. The van der Waals surface area contributed by atoms with E-state index in [-0.39, 0.29) is 18.5 Å². The van der Waals surface area contributed by atoms with Crippen LogP contribution in [0.25, 0.3) is 10.9 Å². The zero-order chi connectivity index (χ0) is 18.6. The van der Waals surface area contributed by atoms with Gasteiger partial charge in [0.05, 0.1) is 22.5 Å².